The molecule has 3 fully saturated rings. The average Bonchev–Trinajstić information content (AvgIpc) is 2.81. The quantitative estimate of drug-likeness (QED) is 0.765. The number of carbonyl (C=O) groups is 2. The van der Waals surface area contributed by atoms with Gasteiger partial charge in [-0.1, -0.05) is 13.8 Å². The maximum absolute atomic E-state index is 12.2. The lowest BCUT2D eigenvalue weighted by Gasteiger charge is -2.59. The van der Waals surface area contributed by atoms with Crippen LogP contribution in [-0.4, -0.2) is 34.0 Å². The second kappa shape index (κ2) is 5.50. The average molecular weight is 346 g/mol. The molecular formula is C21H30O4. The summed E-state index contributed by atoms with van der Waals surface area (Å²) in [4.78, 5) is 24.1. The zero-order chi connectivity index (χ0) is 18.1. The van der Waals surface area contributed by atoms with Crippen molar-refractivity contribution >= 4 is 11.6 Å². The van der Waals surface area contributed by atoms with E-state index >= 15 is 0 Å². The van der Waals surface area contributed by atoms with Gasteiger partial charge in [0.25, 0.3) is 0 Å². The van der Waals surface area contributed by atoms with Gasteiger partial charge >= 0.3 is 0 Å². The summed E-state index contributed by atoms with van der Waals surface area (Å²) in [5, 5.41) is 21.7. The number of ketones is 2. The van der Waals surface area contributed by atoms with Crippen LogP contribution in [0.2, 0.25) is 0 Å². The summed E-state index contributed by atoms with van der Waals surface area (Å²) in [6.45, 7) is 6.04. The first-order valence-electron chi connectivity index (χ1n) is 9.80. The Kier molecular flexibility index (Phi) is 3.83. The van der Waals surface area contributed by atoms with Gasteiger partial charge in [0.2, 0.25) is 0 Å². The smallest absolute Gasteiger partial charge is 0.155 e. The molecule has 0 aromatic carbocycles. The number of hydrogen-bond acceptors (Lipinski definition) is 4. The van der Waals surface area contributed by atoms with E-state index in [9.17, 15) is 19.8 Å². The van der Waals surface area contributed by atoms with Crippen molar-refractivity contribution in [1.29, 1.82) is 0 Å². The highest BCUT2D eigenvalue weighted by molar-refractivity contribution is 5.91. The second-order valence-corrected chi connectivity index (χ2v) is 9.54. The van der Waals surface area contributed by atoms with Crippen LogP contribution in [0.4, 0.5) is 0 Å². The van der Waals surface area contributed by atoms with Gasteiger partial charge < -0.3 is 10.2 Å². The molecule has 0 amide bonds. The van der Waals surface area contributed by atoms with E-state index in [2.05, 4.69) is 13.8 Å². The Morgan fingerprint density at radius 2 is 1.92 bits per heavy atom. The van der Waals surface area contributed by atoms with Crippen LogP contribution in [0.5, 0.6) is 0 Å². The zero-order valence-corrected chi connectivity index (χ0v) is 15.5. The fourth-order valence-electron chi connectivity index (χ4n) is 7.31. The summed E-state index contributed by atoms with van der Waals surface area (Å²) in [6.07, 6.45) is 5.13. The highest BCUT2D eigenvalue weighted by Crippen LogP contribution is 2.66. The Morgan fingerprint density at radius 1 is 1.20 bits per heavy atom. The fraction of sp³-hybridized carbons (Fsp3) is 0.810. The van der Waals surface area contributed by atoms with Crippen LogP contribution in [0.15, 0.2) is 11.6 Å². The van der Waals surface area contributed by atoms with Crippen molar-refractivity contribution in [3.63, 3.8) is 0 Å². The van der Waals surface area contributed by atoms with E-state index in [0.29, 0.717) is 25.2 Å². The molecule has 0 unspecified atom stereocenters. The van der Waals surface area contributed by atoms with Gasteiger partial charge in [-0.25, -0.2) is 0 Å². The summed E-state index contributed by atoms with van der Waals surface area (Å²) in [7, 11) is 0. The first kappa shape index (κ1) is 17.4. The standard InChI is InChI=1S/C21H30O4/c1-11(22)15-10-18(25)19-13-9-17(24)16-8-12(23)4-6-20(16,2)14(13)5-7-21(15,19)3/h8,13-15,17-19,24-25H,4-7,9-10H2,1-3H3/t13-,14+,15-,17-,18+,19-,20-,21-/m1/s1. The number of Topliss-reactive ketones (excluding diaryl/α,β-unsaturated/α-hetero) is 1. The third kappa shape index (κ3) is 2.26. The van der Waals surface area contributed by atoms with Gasteiger partial charge in [0, 0.05) is 12.3 Å². The second-order valence-electron chi connectivity index (χ2n) is 9.54. The van der Waals surface area contributed by atoms with Gasteiger partial charge in [-0.2, -0.15) is 0 Å². The SMILES string of the molecule is CC(=O)[C@H]1C[C@H](O)[C@H]2[C@@H]3C[C@@H](O)C4=CC(=O)CC[C@]4(C)[C@H]3CC[C@@]21C. The van der Waals surface area contributed by atoms with Crippen molar-refractivity contribution in [2.24, 2.45) is 34.5 Å². The first-order valence-corrected chi connectivity index (χ1v) is 9.80. The highest BCUT2D eigenvalue weighted by atomic mass is 16.3. The Hall–Kier alpha value is -1.00. The lowest BCUT2D eigenvalue weighted by atomic mass is 9.46. The minimum absolute atomic E-state index is 0.0664. The van der Waals surface area contributed by atoms with E-state index in [0.717, 1.165) is 24.8 Å². The number of rotatable bonds is 1. The minimum Gasteiger partial charge on any atom is -0.393 e. The molecular weight excluding hydrogens is 316 g/mol. The maximum Gasteiger partial charge on any atom is 0.155 e. The van der Waals surface area contributed by atoms with E-state index in [4.69, 9.17) is 0 Å². The van der Waals surface area contributed by atoms with Crippen molar-refractivity contribution in [3.8, 4) is 0 Å². The molecule has 4 aliphatic carbocycles. The molecule has 0 saturated heterocycles. The van der Waals surface area contributed by atoms with Crippen LogP contribution in [0.25, 0.3) is 0 Å². The number of aliphatic hydroxyl groups is 2. The van der Waals surface area contributed by atoms with Crippen molar-refractivity contribution < 1.29 is 19.8 Å². The predicted octanol–water partition coefficient (Wildman–Crippen LogP) is 2.67. The van der Waals surface area contributed by atoms with Gasteiger partial charge in [-0.3, -0.25) is 9.59 Å². The zero-order valence-electron chi connectivity index (χ0n) is 15.5. The molecule has 3 saturated carbocycles. The molecule has 4 heteroatoms. The monoisotopic (exact) mass is 346 g/mol. The lowest BCUT2D eigenvalue weighted by Crippen LogP contribution is -2.55. The molecule has 0 heterocycles. The maximum atomic E-state index is 12.2. The Balaban J connectivity index is 1.74. The fourth-order valence-corrected chi connectivity index (χ4v) is 7.31. The van der Waals surface area contributed by atoms with Crippen LogP contribution in [-0.2, 0) is 9.59 Å². The highest BCUT2D eigenvalue weighted by Gasteiger charge is 2.63. The molecule has 4 aliphatic rings. The van der Waals surface area contributed by atoms with Gasteiger partial charge in [0.1, 0.15) is 5.78 Å². The van der Waals surface area contributed by atoms with Crippen LogP contribution >= 0.6 is 0 Å². The Bertz CT molecular complexity index is 652. The number of carbonyl (C=O) groups excluding carboxylic acids is 2. The molecule has 4 nitrogen and oxygen atoms in total. The first-order chi connectivity index (χ1) is 11.7. The molecule has 0 aromatic rings. The summed E-state index contributed by atoms with van der Waals surface area (Å²) >= 11 is 0. The van der Waals surface area contributed by atoms with Gasteiger partial charge in [0.15, 0.2) is 5.78 Å². The van der Waals surface area contributed by atoms with E-state index in [-0.39, 0.29) is 40.2 Å². The Labute approximate surface area is 149 Å². The summed E-state index contributed by atoms with van der Waals surface area (Å²) < 4.78 is 0. The minimum atomic E-state index is -0.596. The van der Waals surface area contributed by atoms with Gasteiger partial charge in [-0.05, 0) is 79.3 Å². The molecule has 0 spiro atoms. The number of aliphatic hydroxyl groups excluding tert-OH is 2. The lowest BCUT2D eigenvalue weighted by molar-refractivity contribution is -0.132. The molecule has 0 radical (unpaired) electrons. The number of hydrogen-bond donors (Lipinski definition) is 2. The molecule has 8 atom stereocenters. The molecule has 25 heavy (non-hydrogen) atoms. The van der Waals surface area contributed by atoms with E-state index in [1.807, 2.05) is 0 Å². The van der Waals surface area contributed by atoms with Gasteiger partial charge in [0.05, 0.1) is 12.2 Å². The van der Waals surface area contributed by atoms with Crippen LogP contribution < -0.4 is 0 Å². The largest absolute Gasteiger partial charge is 0.393 e. The summed E-state index contributed by atoms with van der Waals surface area (Å²) in [6, 6.07) is 0. The molecule has 0 aliphatic heterocycles. The molecule has 0 aromatic heterocycles. The van der Waals surface area contributed by atoms with E-state index < -0.39 is 12.2 Å². The van der Waals surface area contributed by atoms with Crippen molar-refractivity contribution in [1.82, 2.24) is 0 Å². The third-order valence-corrected chi connectivity index (χ3v) is 8.45. The van der Waals surface area contributed by atoms with Crippen molar-refractivity contribution in [3.05, 3.63) is 11.6 Å². The van der Waals surface area contributed by atoms with E-state index in [1.165, 1.54) is 0 Å². The topological polar surface area (TPSA) is 74.6 Å². The predicted molar refractivity (Wildman–Crippen MR) is 93.7 cm³/mol. The van der Waals surface area contributed by atoms with E-state index in [1.54, 1.807) is 13.0 Å². The molecule has 138 valence electrons. The van der Waals surface area contributed by atoms with Crippen LogP contribution in [0, 0.1) is 34.5 Å². The Morgan fingerprint density at radius 3 is 2.60 bits per heavy atom. The summed E-state index contributed by atoms with van der Waals surface area (Å²) in [5.74, 6) is 0.934. The number of fused-ring (bicyclic) bond motifs is 5. The summed E-state index contributed by atoms with van der Waals surface area (Å²) in [5.41, 5.74) is 0.615. The molecule has 0 bridgehead atoms. The van der Waals surface area contributed by atoms with Crippen molar-refractivity contribution in [2.45, 2.75) is 71.5 Å². The normalized spacial score (nSPS) is 52.0. The molecule has 2 N–H and O–H groups in total. The van der Waals surface area contributed by atoms with Crippen molar-refractivity contribution in [2.75, 3.05) is 0 Å². The van der Waals surface area contributed by atoms with Gasteiger partial charge in [-0.15, -0.1) is 0 Å². The van der Waals surface area contributed by atoms with Crippen LogP contribution in [0.1, 0.15) is 59.3 Å². The van der Waals surface area contributed by atoms with Crippen LogP contribution in [0.3, 0.4) is 0 Å². The third-order valence-electron chi connectivity index (χ3n) is 8.45. The molecule has 4 rings (SSSR count).